The number of nitro benzene ring substituents is 1. The Balaban J connectivity index is 2.63. The highest BCUT2D eigenvalue weighted by atomic mass is 16.6. The smallest absolute Gasteiger partial charge is 0.323 e. The molecule has 0 bridgehead atoms. The average molecular weight is 290 g/mol. The number of benzene rings is 1. The van der Waals surface area contributed by atoms with Gasteiger partial charge in [0, 0.05) is 23.6 Å². The highest BCUT2D eigenvalue weighted by Gasteiger charge is 2.19. The summed E-state index contributed by atoms with van der Waals surface area (Å²) in [5.74, 6) is -0.623. The molecule has 0 fully saturated rings. The molecule has 0 saturated heterocycles. The molecule has 2 rings (SSSR count). The molecule has 110 valence electrons. The Morgan fingerprint density at radius 2 is 2.14 bits per heavy atom. The van der Waals surface area contributed by atoms with Gasteiger partial charge in [0.25, 0.3) is 5.69 Å². The molecule has 0 radical (unpaired) electrons. The molecule has 0 saturated carbocycles. The molecule has 1 aromatic carbocycles. The van der Waals surface area contributed by atoms with Crippen molar-refractivity contribution in [3.8, 4) is 0 Å². The number of carboxylic acid groups (broad SMARTS) is 1. The minimum absolute atomic E-state index is 0.0856. The van der Waals surface area contributed by atoms with Gasteiger partial charge in [-0.05, 0) is 19.9 Å². The number of non-ortho nitro benzene ring substituents is 1. The molecular weight excluding hydrogens is 276 g/mol. The Hall–Kier alpha value is -2.77. The highest BCUT2D eigenvalue weighted by molar-refractivity contribution is 5.92. The van der Waals surface area contributed by atoms with Crippen LogP contribution in [0.25, 0.3) is 10.9 Å². The summed E-state index contributed by atoms with van der Waals surface area (Å²) in [6.45, 7) is 3.41. The van der Waals surface area contributed by atoms with Gasteiger partial charge in [0.15, 0.2) is 0 Å². The van der Waals surface area contributed by atoms with Gasteiger partial charge in [-0.1, -0.05) is 0 Å². The number of aromatic nitrogens is 2. The van der Waals surface area contributed by atoms with E-state index in [2.05, 4.69) is 9.97 Å². The van der Waals surface area contributed by atoms with E-state index in [0.29, 0.717) is 16.7 Å². The SMILES string of the molecule is CC(C)N(CC(=O)O)c1ncnc2ccc([N+](=O)[O-])cc12. The second-order valence-corrected chi connectivity index (χ2v) is 4.77. The number of fused-ring (bicyclic) bond motifs is 1. The van der Waals surface area contributed by atoms with E-state index in [0.717, 1.165) is 0 Å². The first-order valence-electron chi connectivity index (χ1n) is 6.27. The van der Waals surface area contributed by atoms with Crippen molar-refractivity contribution in [2.45, 2.75) is 19.9 Å². The minimum Gasteiger partial charge on any atom is -0.480 e. The van der Waals surface area contributed by atoms with Crippen LogP contribution in [-0.2, 0) is 4.79 Å². The second-order valence-electron chi connectivity index (χ2n) is 4.77. The second kappa shape index (κ2) is 5.70. The van der Waals surface area contributed by atoms with Gasteiger partial charge in [0.1, 0.15) is 18.7 Å². The van der Waals surface area contributed by atoms with Crippen LogP contribution in [0.15, 0.2) is 24.5 Å². The molecule has 0 aliphatic carbocycles. The lowest BCUT2D eigenvalue weighted by Gasteiger charge is -2.26. The van der Waals surface area contributed by atoms with E-state index in [1.165, 1.54) is 24.5 Å². The quantitative estimate of drug-likeness (QED) is 0.660. The monoisotopic (exact) mass is 290 g/mol. The number of hydrogen-bond acceptors (Lipinski definition) is 6. The van der Waals surface area contributed by atoms with Crippen LogP contribution in [0.5, 0.6) is 0 Å². The van der Waals surface area contributed by atoms with Gasteiger partial charge in [0.05, 0.1) is 10.4 Å². The molecule has 8 heteroatoms. The van der Waals surface area contributed by atoms with Crippen LogP contribution in [0.2, 0.25) is 0 Å². The number of nitrogens with zero attached hydrogens (tertiary/aromatic N) is 4. The van der Waals surface area contributed by atoms with Crippen molar-refractivity contribution in [1.29, 1.82) is 0 Å². The van der Waals surface area contributed by atoms with Gasteiger partial charge in [-0.15, -0.1) is 0 Å². The zero-order valence-electron chi connectivity index (χ0n) is 11.6. The van der Waals surface area contributed by atoms with Crippen molar-refractivity contribution in [3.63, 3.8) is 0 Å². The summed E-state index contributed by atoms with van der Waals surface area (Å²) < 4.78 is 0. The fourth-order valence-corrected chi connectivity index (χ4v) is 2.02. The van der Waals surface area contributed by atoms with Gasteiger partial charge < -0.3 is 10.0 Å². The molecule has 2 aromatic rings. The largest absolute Gasteiger partial charge is 0.480 e. The number of nitro groups is 1. The summed E-state index contributed by atoms with van der Waals surface area (Å²) in [6, 6.07) is 4.12. The Labute approximate surface area is 120 Å². The Bertz CT molecular complexity index is 702. The first-order chi connectivity index (χ1) is 9.90. The third-order valence-electron chi connectivity index (χ3n) is 3.01. The van der Waals surface area contributed by atoms with Crippen LogP contribution in [0.1, 0.15) is 13.8 Å². The number of hydrogen-bond donors (Lipinski definition) is 1. The van der Waals surface area contributed by atoms with E-state index in [1.807, 2.05) is 13.8 Å². The van der Waals surface area contributed by atoms with E-state index in [-0.39, 0.29) is 18.3 Å². The summed E-state index contributed by atoms with van der Waals surface area (Å²) in [7, 11) is 0. The first kappa shape index (κ1) is 14.6. The molecule has 1 aromatic heterocycles. The Morgan fingerprint density at radius 3 is 2.71 bits per heavy atom. The molecule has 21 heavy (non-hydrogen) atoms. The van der Waals surface area contributed by atoms with Crippen LogP contribution < -0.4 is 4.90 Å². The third-order valence-corrected chi connectivity index (χ3v) is 3.01. The van der Waals surface area contributed by atoms with Crippen molar-refractivity contribution >= 4 is 28.4 Å². The Kier molecular flexibility index (Phi) is 3.97. The van der Waals surface area contributed by atoms with Crippen LogP contribution in [-0.4, -0.2) is 38.6 Å². The van der Waals surface area contributed by atoms with Gasteiger partial charge in [0.2, 0.25) is 0 Å². The van der Waals surface area contributed by atoms with Gasteiger partial charge in [-0.2, -0.15) is 0 Å². The van der Waals surface area contributed by atoms with Crippen molar-refractivity contribution in [3.05, 3.63) is 34.6 Å². The molecule has 8 nitrogen and oxygen atoms in total. The predicted molar refractivity (Wildman–Crippen MR) is 76.3 cm³/mol. The predicted octanol–water partition coefficient (Wildman–Crippen LogP) is 1.84. The van der Waals surface area contributed by atoms with E-state index in [9.17, 15) is 14.9 Å². The van der Waals surface area contributed by atoms with Crippen molar-refractivity contribution in [1.82, 2.24) is 9.97 Å². The van der Waals surface area contributed by atoms with Gasteiger partial charge >= 0.3 is 5.97 Å². The van der Waals surface area contributed by atoms with Crippen LogP contribution in [0.3, 0.4) is 0 Å². The van der Waals surface area contributed by atoms with E-state index in [4.69, 9.17) is 5.11 Å². The summed E-state index contributed by atoms with van der Waals surface area (Å²) >= 11 is 0. The highest BCUT2D eigenvalue weighted by Crippen LogP contribution is 2.27. The zero-order chi connectivity index (χ0) is 15.6. The molecule has 1 heterocycles. The molecule has 0 aliphatic heterocycles. The fourth-order valence-electron chi connectivity index (χ4n) is 2.02. The topological polar surface area (TPSA) is 109 Å². The lowest BCUT2D eigenvalue weighted by molar-refractivity contribution is -0.384. The van der Waals surface area contributed by atoms with Crippen molar-refractivity contribution in [2.75, 3.05) is 11.4 Å². The molecule has 1 N–H and O–H groups in total. The first-order valence-corrected chi connectivity index (χ1v) is 6.27. The molecule has 0 unspecified atom stereocenters. The molecule has 0 aliphatic rings. The minimum atomic E-state index is -0.999. The maximum absolute atomic E-state index is 11.0. The number of anilines is 1. The molecule has 0 atom stereocenters. The zero-order valence-corrected chi connectivity index (χ0v) is 11.6. The average Bonchev–Trinajstić information content (AvgIpc) is 2.43. The third kappa shape index (κ3) is 3.04. The number of aliphatic carboxylic acids is 1. The van der Waals surface area contributed by atoms with Crippen LogP contribution in [0.4, 0.5) is 11.5 Å². The van der Waals surface area contributed by atoms with E-state index in [1.54, 1.807) is 4.90 Å². The normalized spacial score (nSPS) is 10.8. The van der Waals surface area contributed by atoms with Gasteiger partial charge in [-0.3, -0.25) is 14.9 Å². The summed E-state index contributed by atoms with van der Waals surface area (Å²) in [4.78, 5) is 31.1. The number of rotatable bonds is 5. The van der Waals surface area contributed by atoms with E-state index < -0.39 is 10.9 Å². The maximum atomic E-state index is 11.0. The lowest BCUT2D eigenvalue weighted by Crippen LogP contribution is -2.36. The molecular formula is C13H14N4O4. The van der Waals surface area contributed by atoms with Crippen molar-refractivity contribution in [2.24, 2.45) is 0 Å². The molecule has 0 spiro atoms. The van der Waals surface area contributed by atoms with Crippen LogP contribution >= 0.6 is 0 Å². The van der Waals surface area contributed by atoms with E-state index >= 15 is 0 Å². The number of carbonyl (C=O) groups is 1. The number of carboxylic acids is 1. The summed E-state index contributed by atoms with van der Waals surface area (Å²) in [5, 5.41) is 20.4. The summed E-state index contributed by atoms with van der Waals surface area (Å²) in [6.07, 6.45) is 1.32. The molecule has 0 amide bonds. The lowest BCUT2D eigenvalue weighted by atomic mass is 10.2. The van der Waals surface area contributed by atoms with Gasteiger partial charge in [-0.25, -0.2) is 9.97 Å². The Morgan fingerprint density at radius 1 is 1.43 bits per heavy atom. The standard InChI is InChI=1S/C13H14N4O4/c1-8(2)16(6-12(18)19)13-10-5-9(17(20)21)3-4-11(10)14-7-15-13/h3-5,7-8H,6H2,1-2H3,(H,18,19). The van der Waals surface area contributed by atoms with Crippen molar-refractivity contribution < 1.29 is 14.8 Å². The summed E-state index contributed by atoms with van der Waals surface area (Å²) in [5.41, 5.74) is 0.444. The maximum Gasteiger partial charge on any atom is 0.323 e. The fraction of sp³-hybridized carbons (Fsp3) is 0.308. The van der Waals surface area contributed by atoms with Crippen LogP contribution in [0, 0.1) is 10.1 Å².